The molecule has 0 aliphatic carbocycles. The molecule has 1 rings (SSSR count). The second-order valence-corrected chi connectivity index (χ2v) is 6.28. The van der Waals surface area contributed by atoms with Crippen LogP contribution in [-0.4, -0.2) is 29.5 Å². The Balaban J connectivity index is 2.52. The number of rotatable bonds is 10. The molecule has 0 radical (unpaired) electrons. The molecule has 1 aromatic heterocycles. The minimum atomic E-state index is 0.362. The molecule has 122 valence electrons. The number of aromatic nitrogens is 2. The molecular weight excluding hydrogens is 262 g/mol. The van der Waals surface area contributed by atoms with Gasteiger partial charge in [-0.15, -0.1) is 0 Å². The van der Waals surface area contributed by atoms with Crippen LogP contribution in [0.5, 0.6) is 0 Å². The molecule has 1 heterocycles. The summed E-state index contributed by atoms with van der Waals surface area (Å²) in [5, 5.41) is 8.22. The van der Waals surface area contributed by atoms with Crippen LogP contribution in [0.3, 0.4) is 0 Å². The molecule has 1 unspecified atom stereocenters. The van der Waals surface area contributed by atoms with Gasteiger partial charge in [0.25, 0.3) is 0 Å². The quantitative estimate of drug-likeness (QED) is 0.670. The van der Waals surface area contributed by atoms with Gasteiger partial charge in [-0.3, -0.25) is 4.68 Å². The van der Waals surface area contributed by atoms with Crippen LogP contribution in [0.1, 0.15) is 63.5 Å². The minimum absolute atomic E-state index is 0.362. The number of nitrogens with zero attached hydrogens (tertiary/aromatic N) is 2. The average Bonchev–Trinajstić information content (AvgIpc) is 2.70. The van der Waals surface area contributed by atoms with Crippen molar-refractivity contribution in [1.82, 2.24) is 15.1 Å². The summed E-state index contributed by atoms with van der Waals surface area (Å²) >= 11 is 0. The van der Waals surface area contributed by atoms with Crippen LogP contribution < -0.4 is 5.32 Å². The lowest BCUT2D eigenvalue weighted by molar-refractivity contribution is 0.113. The van der Waals surface area contributed by atoms with E-state index < -0.39 is 0 Å². The Morgan fingerprint density at radius 1 is 1.19 bits per heavy atom. The molecule has 0 aliphatic rings. The van der Waals surface area contributed by atoms with Gasteiger partial charge in [0.2, 0.25) is 0 Å². The smallest absolute Gasteiger partial charge is 0.0662 e. The largest absolute Gasteiger partial charge is 0.380 e. The Hall–Kier alpha value is -0.870. The van der Waals surface area contributed by atoms with Crippen molar-refractivity contribution in [3.05, 3.63) is 17.0 Å². The Morgan fingerprint density at radius 3 is 2.52 bits per heavy atom. The van der Waals surface area contributed by atoms with Crippen molar-refractivity contribution in [1.29, 1.82) is 0 Å². The van der Waals surface area contributed by atoms with Crippen LogP contribution in [0.15, 0.2) is 0 Å². The molecule has 0 saturated carbocycles. The van der Waals surface area contributed by atoms with E-state index in [0.29, 0.717) is 12.0 Å². The maximum absolute atomic E-state index is 5.70. The van der Waals surface area contributed by atoms with E-state index in [0.717, 1.165) is 44.8 Å². The van der Waals surface area contributed by atoms with Gasteiger partial charge in [-0.25, -0.2) is 0 Å². The number of hydrogen-bond donors (Lipinski definition) is 1. The summed E-state index contributed by atoms with van der Waals surface area (Å²) in [7, 11) is 0. The topological polar surface area (TPSA) is 39.1 Å². The second-order valence-electron chi connectivity index (χ2n) is 6.28. The molecule has 0 amide bonds. The van der Waals surface area contributed by atoms with Crippen molar-refractivity contribution < 1.29 is 4.74 Å². The molecule has 4 nitrogen and oxygen atoms in total. The van der Waals surface area contributed by atoms with E-state index in [1.165, 1.54) is 11.3 Å². The van der Waals surface area contributed by atoms with Crippen molar-refractivity contribution in [2.45, 2.75) is 67.0 Å². The van der Waals surface area contributed by atoms with Gasteiger partial charge < -0.3 is 10.1 Å². The fraction of sp³-hybridized carbons (Fsp3) is 0.824. The Morgan fingerprint density at radius 2 is 1.90 bits per heavy atom. The van der Waals surface area contributed by atoms with E-state index >= 15 is 0 Å². The maximum Gasteiger partial charge on any atom is 0.0662 e. The summed E-state index contributed by atoms with van der Waals surface area (Å²) in [5.41, 5.74) is 3.73. The van der Waals surface area contributed by atoms with Gasteiger partial charge in [-0.05, 0) is 46.1 Å². The van der Waals surface area contributed by atoms with E-state index in [-0.39, 0.29) is 0 Å². The van der Waals surface area contributed by atoms with E-state index in [1.807, 2.05) is 0 Å². The summed E-state index contributed by atoms with van der Waals surface area (Å²) in [6.45, 7) is 16.6. The van der Waals surface area contributed by atoms with Crippen LogP contribution in [0.4, 0.5) is 0 Å². The fourth-order valence-electron chi connectivity index (χ4n) is 2.59. The molecule has 1 atom stereocenters. The maximum atomic E-state index is 5.70. The van der Waals surface area contributed by atoms with Crippen LogP contribution in [0, 0.1) is 19.8 Å². The van der Waals surface area contributed by atoms with Crippen molar-refractivity contribution >= 4 is 0 Å². The van der Waals surface area contributed by atoms with E-state index in [1.54, 1.807) is 0 Å². The van der Waals surface area contributed by atoms with Crippen molar-refractivity contribution in [3.63, 3.8) is 0 Å². The average molecular weight is 295 g/mol. The molecule has 4 heteroatoms. The fourth-order valence-corrected chi connectivity index (χ4v) is 2.59. The van der Waals surface area contributed by atoms with Gasteiger partial charge in [-0.1, -0.05) is 20.8 Å². The van der Waals surface area contributed by atoms with Gasteiger partial charge in [0.15, 0.2) is 0 Å². The normalized spacial score (nSPS) is 13.1. The molecule has 0 bridgehead atoms. The molecular formula is C17H33N3O. The molecule has 1 aromatic rings. The second kappa shape index (κ2) is 9.21. The van der Waals surface area contributed by atoms with Gasteiger partial charge in [0.1, 0.15) is 0 Å². The lowest BCUT2D eigenvalue weighted by atomic mass is 10.1. The van der Waals surface area contributed by atoms with Crippen LogP contribution in [0.2, 0.25) is 0 Å². The Kier molecular flexibility index (Phi) is 7.97. The first kappa shape index (κ1) is 18.2. The molecule has 0 fully saturated rings. The molecule has 0 aliphatic heterocycles. The highest BCUT2D eigenvalue weighted by atomic mass is 16.5. The molecule has 0 spiro atoms. The molecule has 21 heavy (non-hydrogen) atoms. The van der Waals surface area contributed by atoms with Crippen LogP contribution >= 0.6 is 0 Å². The summed E-state index contributed by atoms with van der Waals surface area (Å²) < 4.78 is 7.79. The monoisotopic (exact) mass is 295 g/mol. The standard InChI is InChI=1S/C17H33N3O/c1-7-9-18-14(4)17-15(5)19-20(16(17)6)10-12-21-11-8-13(2)3/h13-14,18H,7-12H2,1-6H3. The molecule has 1 N–H and O–H groups in total. The zero-order valence-electron chi connectivity index (χ0n) is 14.7. The first-order valence-electron chi connectivity index (χ1n) is 8.32. The SMILES string of the molecule is CCCNC(C)c1c(C)nn(CCOCCC(C)C)c1C. The third kappa shape index (κ3) is 5.79. The van der Waals surface area contributed by atoms with Gasteiger partial charge in [-0.2, -0.15) is 5.10 Å². The lowest BCUT2D eigenvalue weighted by Gasteiger charge is -2.14. The van der Waals surface area contributed by atoms with Crippen molar-refractivity contribution in [3.8, 4) is 0 Å². The van der Waals surface area contributed by atoms with Crippen LogP contribution in [-0.2, 0) is 11.3 Å². The predicted molar refractivity (Wildman–Crippen MR) is 88.7 cm³/mol. The summed E-state index contributed by atoms with van der Waals surface area (Å²) in [6.07, 6.45) is 2.28. The third-order valence-corrected chi connectivity index (χ3v) is 3.86. The highest BCUT2D eigenvalue weighted by Crippen LogP contribution is 2.21. The molecule has 0 saturated heterocycles. The van der Waals surface area contributed by atoms with E-state index in [4.69, 9.17) is 4.74 Å². The van der Waals surface area contributed by atoms with E-state index in [9.17, 15) is 0 Å². The summed E-state index contributed by atoms with van der Waals surface area (Å²) in [5.74, 6) is 0.704. The van der Waals surface area contributed by atoms with E-state index in [2.05, 4.69) is 56.6 Å². The van der Waals surface area contributed by atoms with Crippen LogP contribution in [0.25, 0.3) is 0 Å². The number of nitrogens with one attached hydrogen (secondary N) is 1. The zero-order valence-corrected chi connectivity index (χ0v) is 14.7. The minimum Gasteiger partial charge on any atom is -0.380 e. The number of ether oxygens (including phenoxy) is 1. The summed E-state index contributed by atoms with van der Waals surface area (Å²) in [4.78, 5) is 0. The predicted octanol–water partition coefficient (Wildman–Crippen LogP) is 3.62. The Labute approximate surface area is 130 Å². The Bertz CT molecular complexity index is 412. The number of aryl methyl sites for hydroxylation is 1. The molecule has 0 aromatic carbocycles. The zero-order chi connectivity index (χ0) is 15.8. The van der Waals surface area contributed by atoms with Crippen molar-refractivity contribution in [2.24, 2.45) is 5.92 Å². The lowest BCUT2D eigenvalue weighted by Crippen LogP contribution is -2.20. The number of hydrogen-bond acceptors (Lipinski definition) is 3. The first-order chi connectivity index (χ1) is 9.97. The van der Waals surface area contributed by atoms with Gasteiger partial charge >= 0.3 is 0 Å². The van der Waals surface area contributed by atoms with Gasteiger partial charge in [0, 0.05) is 23.9 Å². The van der Waals surface area contributed by atoms with Gasteiger partial charge in [0.05, 0.1) is 18.8 Å². The third-order valence-electron chi connectivity index (χ3n) is 3.86. The van der Waals surface area contributed by atoms with Crippen molar-refractivity contribution in [2.75, 3.05) is 19.8 Å². The summed E-state index contributed by atoms with van der Waals surface area (Å²) in [6, 6.07) is 0.362. The first-order valence-corrected chi connectivity index (χ1v) is 8.32. The highest BCUT2D eigenvalue weighted by Gasteiger charge is 2.16. The highest BCUT2D eigenvalue weighted by molar-refractivity contribution is 5.27.